The molecule has 9 heteroatoms. The summed E-state index contributed by atoms with van der Waals surface area (Å²) in [6.07, 6.45) is -0.602. The second-order valence-electron chi connectivity index (χ2n) is 6.41. The molecule has 0 aliphatic carbocycles. The number of H-pyrrole nitrogens is 1. The average Bonchev–Trinajstić information content (AvgIpc) is 3.57. The van der Waals surface area contributed by atoms with Crippen molar-refractivity contribution in [3.8, 4) is 26.9 Å². The summed E-state index contributed by atoms with van der Waals surface area (Å²) >= 11 is 3.23. The number of anilines is 1. The summed E-state index contributed by atoms with van der Waals surface area (Å²) in [4.78, 5) is 6.83. The van der Waals surface area contributed by atoms with Crippen molar-refractivity contribution in [3.05, 3.63) is 82.8 Å². The van der Waals surface area contributed by atoms with Gasteiger partial charge in [0.2, 0.25) is 11.7 Å². The van der Waals surface area contributed by atoms with Crippen LogP contribution in [0.5, 0.6) is 5.88 Å². The first kappa shape index (κ1) is 18.5. The molecule has 0 amide bonds. The van der Waals surface area contributed by atoms with Gasteiger partial charge in [0.15, 0.2) is 6.10 Å². The molecule has 0 fully saturated rings. The Kier molecular flexibility index (Phi) is 4.96. The van der Waals surface area contributed by atoms with Gasteiger partial charge in [-0.25, -0.2) is 4.98 Å². The van der Waals surface area contributed by atoms with Crippen molar-refractivity contribution < 1.29 is 4.74 Å². The summed E-state index contributed by atoms with van der Waals surface area (Å²) in [5.74, 6) is 0.740. The van der Waals surface area contributed by atoms with Gasteiger partial charge in [0.25, 0.3) is 0 Å². The predicted octanol–water partition coefficient (Wildman–Crippen LogP) is 4.80. The van der Waals surface area contributed by atoms with Gasteiger partial charge in [0.05, 0.1) is 10.6 Å². The fraction of sp³-hybridized carbons (Fsp3) is 0.0476. The van der Waals surface area contributed by atoms with Crippen molar-refractivity contribution in [1.82, 2.24) is 25.6 Å². The molecule has 1 atom stereocenters. The van der Waals surface area contributed by atoms with E-state index in [0.29, 0.717) is 17.4 Å². The highest BCUT2D eigenvalue weighted by molar-refractivity contribution is 7.14. The molecule has 0 bridgehead atoms. The van der Waals surface area contributed by atoms with Crippen LogP contribution in [0, 0.1) is 0 Å². The van der Waals surface area contributed by atoms with Gasteiger partial charge in [0, 0.05) is 16.0 Å². The number of aromatic nitrogens is 5. The minimum Gasteiger partial charge on any atom is -0.459 e. The molecule has 30 heavy (non-hydrogen) atoms. The molecule has 0 radical (unpaired) electrons. The number of benzene rings is 1. The normalized spacial score (nSPS) is 12.0. The number of tetrazole rings is 1. The molecule has 0 spiro atoms. The smallest absolute Gasteiger partial charge is 0.239 e. The fourth-order valence-corrected chi connectivity index (χ4v) is 4.54. The van der Waals surface area contributed by atoms with Crippen LogP contribution >= 0.6 is 22.7 Å². The summed E-state index contributed by atoms with van der Waals surface area (Å²) in [6, 6.07) is 19.8. The van der Waals surface area contributed by atoms with E-state index in [1.54, 1.807) is 22.7 Å². The molecule has 1 unspecified atom stereocenters. The van der Waals surface area contributed by atoms with E-state index < -0.39 is 6.10 Å². The number of pyridine rings is 1. The highest BCUT2D eigenvalue weighted by atomic mass is 32.1. The van der Waals surface area contributed by atoms with Crippen LogP contribution in [-0.4, -0.2) is 25.6 Å². The largest absolute Gasteiger partial charge is 0.459 e. The van der Waals surface area contributed by atoms with Crippen LogP contribution in [0.3, 0.4) is 0 Å². The molecule has 0 aliphatic heterocycles. The lowest BCUT2D eigenvalue weighted by Crippen LogP contribution is -2.14. The van der Waals surface area contributed by atoms with Gasteiger partial charge in [-0.2, -0.15) is 5.21 Å². The molecule has 5 aromatic rings. The Hall–Kier alpha value is -3.56. The highest BCUT2D eigenvalue weighted by Crippen LogP contribution is 2.40. The first-order chi connectivity index (χ1) is 14.8. The maximum absolute atomic E-state index is 6.53. The highest BCUT2D eigenvalue weighted by Gasteiger charge is 2.24. The average molecular weight is 433 g/mol. The third-order valence-electron chi connectivity index (χ3n) is 4.51. The molecule has 7 nitrogen and oxygen atoms in total. The van der Waals surface area contributed by atoms with E-state index in [2.05, 4.69) is 20.6 Å². The lowest BCUT2D eigenvalue weighted by Gasteiger charge is -2.19. The Labute approximate surface area is 180 Å². The van der Waals surface area contributed by atoms with Crippen LogP contribution in [-0.2, 0) is 0 Å². The van der Waals surface area contributed by atoms with Gasteiger partial charge in [-0.15, -0.1) is 32.9 Å². The zero-order valence-corrected chi connectivity index (χ0v) is 17.2. The van der Waals surface area contributed by atoms with Crippen molar-refractivity contribution in [2.24, 2.45) is 0 Å². The number of hydrogen-bond donors (Lipinski definition) is 2. The van der Waals surface area contributed by atoms with E-state index in [1.807, 2.05) is 71.4 Å². The standard InChI is InChI=1S/C21H16N6OS2/c22-18-14(16-8-4-10-29-16)12-15(17-9-5-11-30-17)23-21(18)28-19(20-24-26-27-25-20)13-6-2-1-3-7-13/h1-12,19H,22H2,(H,24,25,26,27). The molecular weight excluding hydrogens is 416 g/mol. The van der Waals surface area contributed by atoms with Crippen molar-refractivity contribution in [2.45, 2.75) is 6.10 Å². The minimum absolute atomic E-state index is 0.336. The molecule has 0 saturated carbocycles. The Bertz CT molecular complexity index is 1220. The van der Waals surface area contributed by atoms with Gasteiger partial charge in [-0.3, -0.25) is 0 Å². The zero-order chi connectivity index (χ0) is 20.3. The SMILES string of the molecule is Nc1c(-c2cccs2)cc(-c2cccs2)nc1OC(c1ccccc1)c1nn[nH]n1. The number of aromatic amines is 1. The van der Waals surface area contributed by atoms with E-state index >= 15 is 0 Å². The molecule has 0 saturated heterocycles. The van der Waals surface area contributed by atoms with Crippen LogP contribution in [0.2, 0.25) is 0 Å². The predicted molar refractivity (Wildman–Crippen MR) is 118 cm³/mol. The lowest BCUT2D eigenvalue weighted by atomic mass is 10.1. The van der Waals surface area contributed by atoms with Gasteiger partial charge in [0.1, 0.15) is 5.69 Å². The van der Waals surface area contributed by atoms with Crippen LogP contribution in [0.15, 0.2) is 71.4 Å². The Morgan fingerprint density at radius 3 is 2.37 bits per heavy atom. The monoisotopic (exact) mass is 432 g/mol. The van der Waals surface area contributed by atoms with Crippen LogP contribution < -0.4 is 10.5 Å². The van der Waals surface area contributed by atoms with Gasteiger partial charge >= 0.3 is 0 Å². The molecule has 1 aromatic carbocycles. The summed E-state index contributed by atoms with van der Waals surface area (Å²) in [6.45, 7) is 0. The van der Waals surface area contributed by atoms with E-state index in [0.717, 1.165) is 26.6 Å². The van der Waals surface area contributed by atoms with Gasteiger partial charge < -0.3 is 10.5 Å². The number of nitrogens with one attached hydrogen (secondary N) is 1. The maximum Gasteiger partial charge on any atom is 0.239 e. The van der Waals surface area contributed by atoms with Gasteiger partial charge in [-0.1, -0.05) is 47.7 Å². The molecule has 4 aromatic heterocycles. The van der Waals surface area contributed by atoms with Gasteiger partial charge in [-0.05, 0) is 29.0 Å². The molecular formula is C21H16N6OS2. The number of nitrogen functional groups attached to an aromatic ring is 1. The van der Waals surface area contributed by atoms with E-state index in [-0.39, 0.29) is 0 Å². The topological polar surface area (TPSA) is 103 Å². The number of thiophene rings is 2. The number of rotatable bonds is 6. The summed E-state index contributed by atoms with van der Waals surface area (Å²) in [5.41, 5.74) is 9.57. The molecule has 4 heterocycles. The van der Waals surface area contributed by atoms with Crippen LogP contribution in [0.1, 0.15) is 17.5 Å². The van der Waals surface area contributed by atoms with Crippen molar-refractivity contribution in [3.63, 3.8) is 0 Å². The molecule has 0 aliphatic rings. The second-order valence-corrected chi connectivity index (χ2v) is 8.30. The second kappa shape index (κ2) is 8.05. The Morgan fingerprint density at radius 2 is 1.70 bits per heavy atom. The Balaban J connectivity index is 1.64. The number of hydrogen-bond acceptors (Lipinski definition) is 8. The molecule has 148 valence electrons. The van der Waals surface area contributed by atoms with E-state index in [9.17, 15) is 0 Å². The number of nitrogens with zero attached hydrogens (tertiary/aromatic N) is 4. The molecule has 3 N–H and O–H groups in total. The fourth-order valence-electron chi connectivity index (χ4n) is 3.10. The van der Waals surface area contributed by atoms with Crippen molar-refractivity contribution >= 4 is 28.4 Å². The lowest BCUT2D eigenvalue weighted by molar-refractivity contribution is 0.229. The molecule has 5 rings (SSSR count). The minimum atomic E-state index is -0.602. The number of ether oxygens (including phenoxy) is 1. The number of nitrogens with two attached hydrogens (primary N) is 1. The van der Waals surface area contributed by atoms with Crippen molar-refractivity contribution in [2.75, 3.05) is 5.73 Å². The van der Waals surface area contributed by atoms with Crippen molar-refractivity contribution in [1.29, 1.82) is 0 Å². The zero-order valence-electron chi connectivity index (χ0n) is 15.6. The van der Waals surface area contributed by atoms with Crippen LogP contribution in [0.25, 0.3) is 21.0 Å². The maximum atomic E-state index is 6.53. The van der Waals surface area contributed by atoms with E-state index in [4.69, 9.17) is 15.5 Å². The summed E-state index contributed by atoms with van der Waals surface area (Å²) in [5, 5.41) is 18.5. The van der Waals surface area contributed by atoms with Crippen LogP contribution in [0.4, 0.5) is 5.69 Å². The third-order valence-corrected chi connectivity index (χ3v) is 6.31. The quantitative estimate of drug-likeness (QED) is 0.399. The Morgan fingerprint density at radius 1 is 0.933 bits per heavy atom. The van der Waals surface area contributed by atoms with E-state index in [1.165, 1.54) is 0 Å². The third kappa shape index (κ3) is 3.56. The summed E-state index contributed by atoms with van der Waals surface area (Å²) < 4.78 is 6.34. The first-order valence-corrected chi connectivity index (χ1v) is 10.9. The first-order valence-electron chi connectivity index (χ1n) is 9.13. The summed E-state index contributed by atoms with van der Waals surface area (Å²) in [7, 11) is 0.